The van der Waals surface area contributed by atoms with Crippen LogP contribution in [0.5, 0.6) is 0 Å². The molecule has 2 saturated carbocycles. The van der Waals surface area contributed by atoms with E-state index < -0.39 is 0 Å². The maximum atomic E-state index is 13.5. The van der Waals surface area contributed by atoms with Crippen LogP contribution in [0.15, 0.2) is 58.5 Å². The summed E-state index contributed by atoms with van der Waals surface area (Å²) in [5.74, 6) is 1.88. The maximum Gasteiger partial charge on any atom is 0.266 e. The zero-order chi connectivity index (χ0) is 22.2. The third-order valence-corrected chi connectivity index (χ3v) is 7.92. The Balaban J connectivity index is 1.37. The molecular weight excluding hydrogens is 425 g/mol. The fourth-order valence-corrected chi connectivity index (χ4v) is 6.29. The van der Waals surface area contributed by atoms with Crippen molar-refractivity contribution in [2.45, 2.75) is 43.8 Å². The summed E-state index contributed by atoms with van der Waals surface area (Å²) in [5.41, 5.74) is 0.863. The van der Waals surface area contributed by atoms with Crippen molar-refractivity contribution in [1.82, 2.24) is 14.9 Å². The lowest BCUT2D eigenvalue weighted by Crippen LogP contribution is -2.41. The van der Waals surface area contributed by atoms with Crippen LogP contribution in [0, 0.1) is 23.6 Å². The number of fused-ring (bicyclic) bond motifs is 3. The lowest BCUT2D eigenvalue weighted by atomic mass is 9.84. The van der Waals surface area contributed by atoms with E-state index in [4.69, 9.17) is 0 Å². The molecule has 2 aliphatic rings. The SMILES string of the molecule is CC(NC(=O)CSc1nc2ccccc2c(=O)n1-c1ccc(F)cc1)C1CC2CCC1C2. The van der Waals surface area contributed by atoms with Gasteiger partial charge in [-0.1, -0.05) is 30.3 Å². The molecule has 1 aromatic heterocycles. The Bertz CT molecular complexity index is 1210. The van der Waals surface area contributed by atoms with Gasteiger partial charge in [0.2, 0.25) is 5.91 Å². The molecule has 1 amide bonds. The molecule has 32 heavy (non-hydrogen) atoms. The van der Waals surface area contributed by atoms with Gasteiger partial charge in [0.15, 0.2) is 5.16 Å². The monoisotopic (exact) mass is 451 g/mol. The summed E-state index contributed by atoms with van der Waals surface area (Å²) in [6, 6.07) is 13.0. The van der Waals surface area contributed by atoms with Crippen molar-refractivity contribution in [3.8, 4) is 5.69 Å². The molecule has 2 aromatic carbocycles. The average molecular weight is 452 g/mol. The first kappa shape index (κ1) is 21.2. The lowest BCUT2D eigenvalue weighted by molar-refractivity contribution is -0.119. The molecule has 0 aliphatic heterocycles. The van der Waals surface area contributed by atoms with Gasteiger partial charge >= 0.3 is 0 Å². The molecule has 4 atom stereocenters. The smallest absolute Gasteiger partial charge is 0.266 e. The van der Waals surface area contributed by atoms with E-state index in [1.165, 1.54) is 54.1 Å². The Hall–Kier alpha value is -2.67. The van der Waals surface area contributed by atoms with Gasteiger partial charge < -0.3 is 5.32 Å². The minimum absolute atomic E-state index is 0.0571. The van der Waals surface area contributed by atoms with E-state index in [1.54, 1.807) is 30.3 Å². The molecule has 1 N–H and O–H groups in total. The van der Waals surface area contributed by atoms with Crippen LogP contribution in [-0.4, -0.2) is 27.3 Å². The molecule has 0 radical (unpaired) electrons. The second-order valence-corrected chi connectivity index (χ2v) is 9.95. The standard InChI is InChI=1S/C25H26FN3O2S/c1-15(21-13-16-6-7-17(21)12-16)27-23(30)14-32-25-28-22-5-3-2-4-20(22)24(31)29(25)19-10-8-18(26)9-11-19/h2-5,8-11,15-17,21H,6-7,12-14H2,1H3,(H,27,30). The van der Waals surface area contributed by atoms with Crippen molar-refractivity contribution in [1.29, 1.82) is 0 Å². The van der Waals surface area contributed by atoms with E-state index in [-0.39, 0.29) is 29.1 Å². The number of nitrogens with one attached hydrogen (secondary N) is 1. The molecule has 2 aliphatic carbocycles. The van der Waals surface area contributed by atoms with Crippen molar-refractivity contribution >= 4 is 28.6 Å². The molecule has 2 bridgehead atoms. The molecule has 5 rings (SSSR count). The van der Waals surface area contributed by atoms with Crippen LogP contribution in [0.3, 0.4) is 0 Å². The van der Waals surface area contributed by atoms with Gasteiger partial charge in [0.25, 0.3) is 5.56 Å². The van der Waals surface area contributed by atoms with Crippen LogP contribution < -0.4 is 10.9 Å². The van der Waals surface area contributed by atoms with Crippen LogP contribution in [0.4, 0.5) is 4.39 Å². The van der Waals surface area contributed by atoms with Crippen molar-refractivity contribution in [2.75, 3.05) is 5.75 Å². The predicted molar refractivity (Wildman–Crippen MR) is 125 cm³/mol. The zero-order valence-corrected chi connectivity index (χ0v) is 18.8. The molecule has 4 unspecified atom stereocenters. The van der Waals surface area contributed by atoms with Gasteiger partial charge in [-0.3, -0.25) is 14.2 Å². The molecule has 2 fully saturated rings. The van der Waals surface area contributed by atoms with Crippen molar-refractivity contribution < 1.29 is 9.18 Å². The number of benzene rings is 2. The first-order valence-corrected chi connectivity index (χ1v) is 12.2. The van der Waals surface area contributed by atoms with Gasteiger partial charge in [0, 0.05) is 6.04 Å². The Morgan fingerprint density at radius 3 is 2.69 bits per heavy atom. The third-order valence-electron chi connectivity index (χ3n) is 6.99. The number of carbonyl (C=O) groups is 1. The van der Waals surface area contributed by atoms with Gasteiger partial charge in [-0.25, -0.2) is 9.37 Å². The predicted octanol–water partition coefficient (Wildman–Crippen LogP) is 4.56. The van der Waals surface area contributed by atoms with Gasteiger partial charge in [-0.15, -0.1) is 0 Å². The highest BCUT2D eigenvalue weighted by atomic mass is 32.2. The Kier molecular flexibility index (Phi) is 5.76. The molecule has 5 nitrogen and oxygen atoms in total. The Labute approximate surface area is 190 Å². The summed E-state index contributed by atoms with van der Waals surface area (Å²) in [5, 5.41) is 4.07. The number of amides is 1. The summed E-state index contributed by atoms with van der Waals surface area (Å²) in [6.45, 7) is 2.11. The summed E-state index contributed by atoms with van der Waals surface area (Å²) in [6.07, 6.45) is 5.15. The Morgan fingerprint density at radius 2 is 1.97 bits per heavy atom. The lowest BCUT2D eigenvalue weighted by Gasteiger charge is -2.28. The normalized spacial score (nSPS) is 22.9. The largest absolute Gasteiger partial charge is 0.353 e. The van der Waals surface area contributed by atoms with E-state index in [2.05, 4.69) is 17.2 Å². The number of carbonyl (C=O) groups excluding carboxylic acids is 1. The number of para-hydroxylation sites is 1. The van der Waals surface area contributed by atoms with Crippen LogP contribution in [0.25, 0.3) is 16.6 Å². The van der Waals surface area contributed by atoms with Crippen molar-refractivity contribution in [3.05, 3.63) is 64.7 Å². The van der Waals surface area contributed by atoms with E-state index in [0.29, 0.717) is 27.7 Å². The van der Waals surface area contributed by atoms with Crippen molar-refractivity contribution in [3.63, 3.8) is 0 Å². The highest BCUT2D eigenvalue weighted by Crippen LogP contribution is 2.49. The van der Waals surface area contributed by atoms with Gasteiger partial charge in [-0.2, -0.15) is 0 Å². The quantitative estimate of drug-likeness (QED) is 0.441. The summed E-state index contributed by atoms with van der Waals surface area (Å²) < 4.78 is 14.9. The van der Waals surface area contributed by atoms with E-state index in [9.17, 15) is 14.0 Å². The highest BCUT2D eigenvalue weighted by molar-refractivity contribution is 7.99. The minimum Gasteiger partial charge on any atom is -0.353 e. The summed E-state index contributed by atoms with van der Waals surface area (Å²) in [4.78, 5) is 30.6. The fraction of sp³-hybridized carbons (Fsp3) is 0.400. The van der Waals surface area contributed by atoms with Crippen LogP contribution in [0.2, 0.25) is 0 Å². The topological polar surface area (TPSA) is 64.0 Å². The summed E-state index contributed by atoms with van der Waals surface area (Å²) >= 11 is 1.23. The number of hydrogen-bond donors (Lipinski definition) is 1. The molecular formula is C25H26FN3O2S. The number of rotatable bonds is 6. The van der Waals surface area contributed by atoms with E-state index in [1.807, 2.05) is 6.07 Å². The van der Waals surface area contributed by atoms with E-state index in [0.717, 1.165) is 11.8 Å². The number of nitrogens with zero attached hydrogens (tertiary/aromatic N) is 2. The number of aromatic nitrogens is 2. The van der Waals surface area contributed by atoms with Gasteiger partial charge in [0.1, 0.15) is 5.82 Å². The van der Waals surface area contributed by atoms with Crippen molar-refractivity contribution in [2.24, 2.45) is 17.8 Å². The molecule has 166 valence electrons. The molecule has 1 heterocycles. The second-order valence-electron chi connectivity index (χ2n) is 9.01. The highest BCUT2D eigenvalue weighted by Gasteiger charge is 2.42. The second kappa shape index (κ2) is 8.70. The third kappa shape index (κ3) is 4.06. The number of hydrogen-bond acceptors (Lipinski definition) is 4. The van der Waals surface area contributed by atoms with Crippen LogP contribution >= 0.6 is 11.8 Å². The fourth-order valence-electron chi connectivity index (χ4n) is 5.47. The zero-order valence-electron chi connectivity index (χ0n) is 18.0. The van der Waals surface area contributed by atoms with Crippen LogP contribution in [0.1, 0.15) is 32.6 Å². The first-order valence-electron chi connectivity index (χ1n) is 11.2. The molecule has 0 saturated heterocycles. The summed E-state index contributed by atoms with van der Waals surface area (Å²) in [7, 11) is 0. The molecule has 7 heteroatoms. The molecule has 3 aromatic rings. The van der Waals surface area contributed by atoms with Crippen LogP contribution in [-0.2, 0) is 4.79 Å². The maximum absolute atomic E-state index is 13.5. The average Bonchev–Trinajstić information content (AvgIpc) is 3.43. The Morgan fingerprint density at radius 1 is 1.19 bits per heavy atom. The number of halogens is 1. The minimum atomic E-state index is -0.376. The molecule has 0 spiro atoms. The van der Waals surface area contributed by atoms with E-state index >= 15 is 0 Å². The van der Waals surface area contributed by atoms with Gasteiger partial charge in [0.05, 0.1) is 22.3 Å². The van der Waals surface area contributed by atoms with Gasteiger partial charge in [-0.05, 0) is 80.3 Å². The number of thioether (sulfide) groups is 1. The first-order chi connectivity index (χ1) is 15.5.